The fourth-order valence-corrected chi connectivity index (χ4v) is 1.28. The maximum Gasteiger partial charge on any atom is 0.338 e. The number of nitro groups is 1. The molecule has 0 spiro atoms. The summed E-state index contributed by atoms with van der Waals surface area (Å²) in [6.07, 6.45) is 0. The second-order valence-electron chi connectivity index (χ2n) is 3.04. The lowest BCUT2D eigenvalue weighted by molar-refractivity contribution is -0.384. The molecule has 17 heavy (non-hydrogen) atoms. The van der Waals surface area contributed by atoms with Crippen LogP contribution in [0.1, 0.15) is 17.3 Å². The van der Waals surface area contributed by atoms with E-state index >= 15 is 0 Å². The first kappa shape index (κ1) is 12.5. The van der Waals surface area contributed by atoms with Crippen molar-refractivity contribution in [3.05, 3.63) is 33.9 Å². The summed E-state index contributed by atoms with van der Waals surface area (Å²) in [6.45, 7) is 1.78. The number of hydrogen-bond acceptors (Lipinski definition) is 4. The van der Waals surface area contributed by atoms with Crippen molar-refractivity contribution < 1.29 is 14.8 Å². The molecule has 0 radical (unpaired) electrons. The van der Waals surface area contributed by atoms with Crippen LogP contribution in [0.25, 0.3) is 0 Å². The van der Waals surface area contributed by atoms with Gasteiger partial charge in [-0.3, -0.25) is 10.1 Å². The lowest BCUT2D eigenvalue weighted by atomic mass is 10.1. The first-order valence-corrected chi connectivity index (χ1v) is 4.72. The van der Waals surface area contributed by atoms with Gasteiger partial charge in [-0.05, 0) is 13.0 Å². The summed E-state index contributed by atoms with van der Waals surface area (Å²) < 4.78 is 0. The van der Waals surface area contributed by atoms with Crippen LogP contribution in [-0.4, -0.2) is 22.5 Å². The highest BCUT2D eigenvalue weighted by Crippen LogP contribution is 2.27. The molecule has 1 aromatic carbocycles. The van der Waals surface area contributed by atoms with E-state index in [-0.39, 0.29) is 23.5 Å². The molecule has 0 aromatic heterocycles. The minimum absolute atomic E-state index is 0.0206. The molecule has 0 bridgehead atoms. The summed E-state index contributed by atoms with van der Waals surface area (Å²) in [5.74, 6) is 4.04. The smallest absolute Gasteiger partial charge is 0.338 e. The van der Waals surface area contributed by atoms with Crippen LogP contribution in [0, 0.1) is 22.0 Å². The number of nitrogens with one attached hydrogen (secondary N) is 1. The van der Waals surface area contributed by atoms with Crippen LogP contribution in [0.5, 0.6) is 0 Å². The van der Waals surface area contributed by atoms with Crippen LogP contribution in [0.4, 0.5) is 11.4 Å². The first-order valence-electron chi connectivity index (χ1n) is 4.72. The number of carboxylic acid groups (broad SMARTS) is 1. The lowest BCUT2D eigenvalue weighted by Gasteiger charge is -2.07. The minimum atomic E-state index is -1.22. The van der Waals surface area contributed by atoms with Crippen molar-refractivity contribution in [2.75, 3.05) is 11.9 Å². The molecule has 0 heterocycles. The van der Waals surface area contributed by atoms with Crippen LogP contribution in [0.2, 0.25) is 0 Å². The van der Waals surface area contributed by atoms with Gasteiger partial charge in [-0.15, -0.1) is 5.92 Å². The molecule has 2 N–H and O–H groups in total. The second kappa shape index (κ2) is 5.51. The third kappa shape index (κ3) is 2.95. The topological polar surface area (TPSA) is 92.5 Å². The van der Waals surface area contributed by atoms with E-state index in [1.54, 1.807) is 6.92 Å². The summed E-state index contributed by atoms with van der Waals surface area (Å²) in [4.78, 5) is 21.1. The second-order valence-corrected chi connectivity index (χ2v) is 3.04. The van der Waals surface area contributed by atoms with Crippen molar-refractivity contribution >= 4 is 17.3 Å². The number of para-hydroxylation sites is 1. The van der Waals surface area contributed by atoms with Gasteiger partial charge in [-0.2, -0.15) is 0 Å². The Bertz CT molecular complexity index is 482. The zero-order valence-electron chi connectivity index (χ0n) is 9.06. The van der Waals surface area contributed by atoms with E-state index < -0.39 is 10.9 Å². The van der Waals surface area contributed by atoms with Gasteiger partial charge >= 0.3 is 5.97 Å². The molecule has 1 aromatic rings. The Morgan fingerprint density at radius 3 is 2.82 bits per heavy atom. The Balaban J connectivity index is 3.21. The molecule has 0 atom stereocenters. The summed E-state index contributed by atoms with van der Waals surface area (Å²) >= 11 is 0. The monoisotopic (exact) mass is 234 g/mol. The third-order valence-electron chi connectivity index (χ3n) is 2.00. The van der Waals surface area contributed by atoms with Gasteiger partial charge in [0.15, 0.2) is 0 Å². The molecular formula is C11H10N2O4. The first-order chi connectivity index (χ1) is 8.07. The van der Waals surface area contributed by atoms with E-state index in [4.69, 9.17) is 5.11 Å². The van der Waals surface area contributed by atoms with Crippen molar-refractivity contribution in [1.82, 2.24) is 0 Å². The average Bonchev–Trinajstić information content (AvgIpc) is 2.28. The molecular weight excluding hydrogens is 224 g/mol. The molecule has 1 rings (SSSR count). The van der Waals surface area contributed by atoms with Gasteiger partial charge in [0.25, 0.3) is 5.69 Å². The molecule has 88 valence electrons. The lowest BCUT2D eigenvalue weighted by Crippen LogP contribution is -2.09. The standard InChI is InChI=1S/C11H10N2O4/c1-2-3-7-12-10-8(11(14)15)5-4-6-9(10)13(16)17/h4-6,12H,7H2,1H3,(H,14,15). The molecule has 0 saturated carbocycles. The summed E-state index contributed by atoms with van der Waals surface area (Å²) in [5.41, 5.74) is -0.437. The van der Waals surface area contributed by atoms with Crippen LogP contribution in [0.3, 0.4) is 0 Å². The van der Waals surface area contributed by atoms with Gasteiger partial charge in [0.1, 0.15) is 5.69 Å². The maximum absolute atomic E-state index is 10.9. The molecule has 6 heteroatoms. The SMILES string of the molecule is CC#CCNc1c(C(=O)O)cccc1[N+](=O)[O-]. The normalized spacial score (nSPS) is 9.00. The highest BCUT2D eigenvalue weighted by atomic mass is 16.6. The van der Waals surface area contributed by atoms with Crippen molar-refractivity contribution in [3.63, 3.8) is 0 Å². The molecule has 6 nitrogen and oxygen atoms in total. The number of aromatic carboxylic acids is 1. The summed E-state index contributed by atoms with van der Waals surface area (Å²) in [5, 5.41) is 22.3. The van der Waals surface area contributed by atoms with E-state index in [0.717, 1.165) is 0 Å². The van der Waals surface area contributed by atoms with Gasteiger partial charge in [-0.25, -0.2) is 4.79 Å². The van der Waals surface area contributed by atoms with Crippen molar-refractivity contribution in [2.45, 2.75) is 6.92 Å². The van der Waals surface area contributed by atoms with Crippen LogP contribution >= 0.6 is 0 Å². The largest absolute Gasteiger partial charge is 0.478 e. The highest BCUT2D eigenvalue weighted by molar-refractivity contribution is 5.96. The predicted octanol–water partition coefficient (Wildman–Crippen LogP) is 1.73. The predicted molar refractivity (Wildman–Crippen MR) is 62.0 cm³/mol. The number of nitrogens with zero attached hydrogens (tertiary/aromatic N) is 1. The zero-order chi connectivity index (χ0) is 12.8. The van der Waals surface area contributed by atoms with Crippen molar-refractivity contribution in [1.29, 1.82) is 0 Å². The van der Waals surface area contributed by atoms with Gasteiger partial charge in [0, 0.05) is 6.07 Å². The molecule has 0 aliphatic heterocycles. The van der Waals surface area contributed by atoms with E-state index in [9.17, 15) is 14.9 Å². The highest BCUT2D eigenvalue weighted by Gasteiger charge is 2.20. The van der Waals surface area contributed by atoms with Crippen LogP contribution < -0.4 is 5.32 Å². The van der Waals surface area contributed by atoms with Crippen molar-refractivity contribution in [3.8, 4) is 11.8 Å². The zero-order valence-corrected chi connectivity index (χ0v) is 9.06. The summed E-state index contributed by atoms with van der Waals surface area (Å²) in [7, 11) is 0. The Morgan fingerprint density at radius 2 is 2.29 bits per heavy atom. The molecule has 0 saturated heterocycles. The van der Waals surface area contributed by atoms with Gasteiger partial charge < -0.3 is 10.4 Å². The quantitative estimate of drug-likeness (QED) is 0.470. The van der Waals surface area contributed by atoms with Gasteiger partial charge in [0.2, 0.25) is 0 Å². The Labute approximate surface area is 97.4 Å². The van der Waals surface area contributed by atoms with Gasteiger partial charge in [0.05, 0.1) is 17.0 Å². The number of hydrogen-bond donors (Lipinski definition) is 2. The number of carboxylic acids is 1. The molecule has 0 amide bonds. The summed E-state index contributed by atoms with van der Waals surface area (Å²) in [6, 6.07) is 3.88. The average molecular weight is 234 g/mol. The van der Waals surface area contributed by atoms with Crippen LogP contribution in [0.15, 0.2) is 18.2 Å². The number of rotatable bonds is 4. The maximum atomic E-state index is 10.9. The molecule has 0 aliphatic rings. The number of nitro benzene ring substituents is 1. The fourth-order valence-electron chi connectivity index (χ4n) is 1.28. The van der Waals surface area contributed by atoms with Crippen LogP contribution in [-0.2, 0) is 0 Å². The third-order valence-corrected chi connectivity index (χ3v) is 2.00. The molecule has 0 unspecified atom stereocenters. The van der Waals surface area contributed by atoms with E-state index in [2.05, 4.69) is 17.2 Å². The van der Waals surface area contributed by atoms with Gasteiger partial charge in [-0.1, -0.05) is 12.0 Å². The number of anilines is 1. The number of benzene rings is 1. The van der Waals surface area contributed by atoms with E-state index in [1.165, 1.54) is 18.2 Å². The fraction of sp³-hybridized carbons (Fsp3) is 0.182. The number of carbonyl (C=O) groups is 1. The Kier molecular flexibility index (Phi) is 4.06. The molecule has 0 fully saturated rings. The molecule has 0 aliphatic carbocycles. The van der Waals surface area contributed by atoms with E-state index in [1.807, 2.05) is 0 Å². The van der Waals surface area contributed by atoms with Crippen molar-refractivity contribution in [2.24, 2.45) is 0 Å². The Morgan fingerprint density at radius 1 is 1.59 bits per heavy atom. The Hall–Kier alpha value is -2.55. The minimum Gasteiger partial charge on any atom is -0.478 e. The van der Waals surface area contributed by atoms with E-state index in [0.29, 0.717) is 0 Å².